The van der Waals surface area contributed by atoms with Crippen LogP contribution in [0.5, 0.6) is 0 Å². The number of aromatic nitrogens is 2. The van der Waals surface area contributed by atoms with Gasteiger partial charge in [-0.3, -0.25) is 0 Å². The predicted molar refractivity (Wildman–Crippen MR) is 105 cm³/mol. The molecule has 126 valence electrons. The first-order chi connectivity index (χ1) is 11.3. The Morgan fingerprint density at radius 3 is 2.38 bits per heavy atom. The maximum Gasteiger partial charge on any atom is 0.0972 e. The van der Waals surface area contributed by atoms with E-state index in [1.54, 1.807) is 0 Å². The molecule has 2 aromatic carbocycles. The van der Waals surface area contributed by atoms with Gasteiger partial charge in [-0.15, -0.1) is 24.2 Å². The molecule has 0 aliphatic heterocycles. The second kappa shape index (κ2) is 8.92. The van der Waals surface area contributed by atoms with Crippen molar-refractivity contribution in [2.75, 3.05) is 5.75 Å². The zero-order valence-electron chi connectivity index (χ0n) is 13.7. The van der Waals surface area contributed by atoms with Crippen molar-refractivity contribution in [3.63, 3.8) is 0 Å². The number of hydrogen-bond donors (Lipinski definition) is 1. The first-order valence-electron chi connectivity index (χ1n) is 7.89. The van der Waals surface area contributed by atoms with Gasteiger partial charge in [-0.25, -0.2) is 4.68 Å². The van der Waals surface area contributed by atoms with E-state index in [0.29, 0.717) is 6.54 Å². The lowest BCUT2D eigenvalue weighted by Crippen LogP contribution is -1.96. The molecule has 0 radical (unpaired) electrons. The number of rotatable bonds is 6. The molecule has 24 heavy (non-hydrogen) atoms. The van der Waals surface area contributed by atoms with Gasteiger partial charge in [-0.2, -0.15) is 5.10 Å². The molecule has 1 heterocycles. The maximum atomic E-state index is 5.92. The minimum Gasteiger partial charge on any atom is -0.326 e. The van der Waals surface area contributed by atoms with Crippen molar-refractivity contribution in [3.05, 3.63) is 66.4 Å². The number of nitrogens with zero attached hydrogens (tertiary/aromatic N) is 2. The van der Waals surface area contributed by atoms with E-state index in [2.05, 4.69) is 31.2 Å². The van der Waals surface area contributed by atoms with Gasteiger partial charge in [0.25, 0.3) is 0 Å². The Hall–Kier alpha value is -1.75. The van der Waals surface area contributed by atoms with Crippen molar-refractivity contribution in [3.8, 4) is 16.9 Å². The molecule has 0 aliphatic rings. The summed E-state index contributed by atoms with van der Waals surface area (Å²) in [5.41, 5.74) is 10.1. The van der Waals surface area contributed by atoms with Crippen LogP contribution in [-0.4, -0.2) is 15.5 Å². The lowest BCUT2D eigenvalue weighted by molar-refractivity contribution is 0.883. The molecule has 2 N–H and O–H groups in total. The van der Waals surface area contributed by atoms with Crippen LogP contribution in [0.3, 0.4) is 0 Å². The highest BCUT2D eigenvalue weighted by Gasteiger charge is 2.11. The smallest absolute Gasteiger partial charge is 0.0972 e. The van der Waals surface area contributed by atoms with E-state index in [0.717, 1.165) is 28.3 Å². The normalized spacial score (nSPS) is 10.4. The molecule has 0 amide bonds. The molecule has 3 nitrogen and oxygen atoms in total. The van der Waals surface area contributed by atoms with Crippen LogP contribution in [-0.2, 0) is 6.54 Å². The number of hydrogen-bond acceptors (Lipinski definition) is 3. The second-order valence-corrected chi connectivity index (χ2v) is 6.53. The van der Waals surface area contributed by atoms with Gasteiger partial charge in [0.2, 0.25) is 0 Å². The quantitative estimate of drug-likeness (QED) is 0.635. The Labute approximate surface area is 153 Å². The molecule has 0 saturated heterocycles. The Morgan fingerprint density at radius 1 is 1.04 bits per heavy atom. The van der Waals surface area contributed by atoms with Gasteiger partial charge in [0, 0.05) is 28.8 Å². The molecule has 0 unspecified atom stereocenters. The predicted octanol–water partition coefficient (Wildman–Crippen LogP) is 4.92. The highest BCUT2D eigenvalue weighted by Crippen LogP contribution is 2.26. The third-order valence-corrected chi connectivity index (χ3v) is 4.85. The molecular formula is C19H22ClN3S. The van der Waals surface area contributed by atoms with Crippen molar-refractivity contribution in [2.24, 2.45) is 5.73 Å². The third kappa shape index (κ3) is 4.20. The summed E-state index contributed by atoms with van der Waals surface area (Å²) < 4.78 is 1.90. The van der Waals surface area contributed by atoms with Crippen molar-refractivity contribution < 1.29 is 0 Å². The van der Waals surface area contributed by atoms with Gasteiger partial charge < -0.3 is 5.73 Å². The largest absolute Gasteiger partial charge is 0.326 e. The fourth-order valence-corrected chi connectivity index (χ4v) is 3.21. The third-order valence-electron chi connectivity index (χ3n) is 3.63. The van der Waals surface area contributed by atoms with Crippen molar-refractivity contribution in [1.82, 2.24) is 9.78 Å². The van der Waals surface area contributed by atoms with Crippen LogP contribution in [0, 0.1) is 0 Å². The number of benzene rings is 2. The monoisotopic (exact) mass is 359 g/mol. The zero-order valence-corrected chi connectivity index (χ0v) is 15.3. The van der Waals surface area contributed by atoms with E-state index in [4.69, 9.17) is 10.8 Å². The molecule has 0 fully saturated rings. The Morgan fingerprint density at radius 2 is 1.75 bits per heavy atom. The standard InChI is InChI=1S/C19H21N3S.ClH/c1-2-12-23-18-10-8-15(9-11-18)19-16(13-20)14-22(21-19)17-6-4-3-5-7-17;/h3-11,14H,2,12-13,20H2,1H3;1H. The van der Waals surface area contributed by atoms with Crippen molar-refractivity contribution in [2.45, 2.75) is 24.8 Å². The number of halogens is 1. The van der Waals surface area contributed by atoms with Gasteiger partial charge >= 0.3 is 0 Å². The summed E-state index contributed by atoms with van der Waals surface area (Å²) in [5.74, 6) is 1.15. The second-order valence-electron chi connectivity index (χ2n) is 5.36. The minimum absolute atomic E-state index is 0. The molecule has 0 bridgehead atoms. The fourth-order valence-electron chi connectivity index (χ4n) is 2.44. The van der Waals surface area contributed by atoms with Gasteiger partial charge in [-0.1, -0.05) is 37.3 Å². The molecule has 0 atom stereocenters. The van der Waals surface area contributed by atoms with Gasteiger partial charge in [0.15, 0.2) is 0 Å². The fraction of sp³-hybridized carbons (Fsp3) is 0.211. The lowest BCUT2D eigenvalue weighted by Gasteiger charge is -2.03. The molecular weight excluding hydrogens is 338 g/mol. The average Bonchev–Trinajstić information content (AvgIpc) is 3.05. The average molecular weight is 360 g/mol. The molecule has 0 saturated carbocycles. The topological polar surface area (TPSA) is 43.8 Å². The number of thioether (sulfide) groups is 1. The van der Waals surface area contributed by atoms with Crippen LogP contribution >= 0.6 is 24.2 Å². The summed E-state index contributed by atoms with van der Waals surface area (Å²) in [7, 11) is 0. The molecule has 0 aliphatic carbocycles. The van der Waals surface area contributed by atoms with Gasteiger partial charge in [0.05, 0.1) is 11.4 Å². The van der Waals surface area contributed by atoms with Crippen LogP contribution in [0.25, 0.3) is 16.9 Å². The first-order valence-corrected chi connectivity index (χ1v) is 8.87. The highest BCUT2D eigenvalue weighted by molar-refractivity contribution is 7.99. The number of para-hydroxylation sites is 1. The lowest BCUT2D eigenvalue weighted by atomic mass is 10.1. The van der Waals surface area contributed by atoms with Gasteiger partial charge in [-0.05, 0) is 36.4 Å². The summed E-state index contributed by atoms with van der Waals surface area (Å²) in [6.45, 7) is 2.68. The number of nitrogens with two attached hydrogens (primary N) is 1. The molecule has 3 rings (SSSR count). The maximum absolute atomic E-state index is 5.92. The Kier molecular flexibility index (Phi) is 6.91. The van der Waals surface area contributed by atoms with Crippen LogP contribution in [0.4, 0.5) is 0 Å². The van der Waals surface area contributed by atoms with E-state index < -0.39 is 0 Å². The van der Waals surface area contributed by atoms with Crippen molar-refractivity contribution >= 4 is 24.2 Å². The zero-order chi connectivity index (χ0) is 16.1. The SMILES string of the molecule is CCCSc1ccc(-c2nn(-c3ccccc3)cc2CN)cc1.Cl. The van der Waals surface area contributed by atoms with Crippen LogP contribution in [0.2, 0.25) is 0 Å². The van der Waals surface area contributed by atoms with E-state index in [1.807, 2.05) is 53.0 Å². The van der Waals surface area contributed by atoms with E-state index in [-0.39, 0.29) is 12.4 Å². The van der Waals surface area contributed by atoms with Crippen molar-refractivity contribution in [1.29, 1.82) is 0 Å². The van der Waals surface area contributed by atoms with Crippen LogP contribution in [0.1, 0.15) is 18.9 Å². The minimum atomic E-state index is 0. The summed E-state index contributed by atoms with van der Waals surface area (Å²) in [6, 6.07) is 18.7. The van der Waals surface area contributed by atoms with E-state index in [1.165, 1.54) is 11.3 Å². The highest BCUT2D eigenvalue weighted by atomic mass is 35.5. The summed E-state index contributed by atoms with van der Waals surface area (Å²) in [4.78, 5) is 1.30. The van der Waals surface area contributed by atoms with Gasteiger partial charge in [0.1, 0.15) is 0 Å². The van der Waals surface area contributed by atoms with Crippen LogP contribution in [0.15, 0.2) is 65.7 Å². The molecule has 5 heteroatoms. The summed E-state index contributed by atoms with van der Waals surface area (Å²) >= 11 is 1.89. The Balaban J connectivity index is 0.00000208. The molecule has 3 aromatic rings. The summed E-state index contributed by atoms with van der Waals surface area (Å²) in [6.07, 6.45) is 3.20. The molecule has 0 spiro atoms. The van der Waals surface area contributed by atoms with E-state index in [9.17, 15) is 0 Å². The first kappa shape index (κ1) is 18.6. The molecule has 1 aromatic heterocycles. The van der Waals surface area contributed by atoms with E-state index >= 15 is 0 Å². The van der Waals surface area contributed by atoms with Crippen LogP contribution < -0.4 is 5.73 Å². The summed E-state index contributed by atoms with van der Waals surface area (Å²) in [5, 5.41) is 4.74. The Bertz CT molecular complexity index is 754.